The maximum Gasteiger partial charge on any atom is 0.407 e. The van der Waals surface area contributed by atoms with Crippen molar-refractivity contribution >= 4 is 35.4 Å². The van der Waals surface area contributed by atoms with E-state index in [1.165, 1.54) is 0 Å². The Morgan fingerprint density at radius 2 is 1.80 bits per heavy atom. The van der Waals surface area contributed by atoms with E-state index in [0.29, 0.717) is 92.3 Å². The lowest BCUT2D eigenvalue weighted by molar-refractivity contribution is -0.161. The fourth-order valence-electron chi connectivity index (χ4n) is 6.25. The molecule has 0 aliphatic carbocycles. The van der Waals surface area contributed by atoms with Crippen LogP contribution in [0.2, 0.25) is 5.02 Å². The molecule has 2 aliphatic heterocycles. The Bertz CT molecular complexity index is 1550. The average molecular weight is 650 g/mol. The Morgan fingerprint density at radius 1 is 1.09 bits per heavy atom. The Balaban J connectivity index is 1.15. The first-order valence-electron chi connectivity index (χ1n) is 15.8. The number of nitrogens with one attached hydrogen (secondary N) is 2. The lowest BCUT2D eigenvalue weighted by atomic mass is 9.81. The number of likely N-dealkylation sites (tertiary alicyclic amines) is 1. The minimum absolute atomic E-state index is 0.104. The number of alkyl carbamates (subject to hydrolysis) is 1. The number of rotatable bonds is 11. The lowest BCUT2D eigenvalue weighted by Gasteiger charge is -2.51. The molecule has 244 valence electrons. The number of halogens is 1. The molecule has 46 heavy (non-hydrogen) atoms. The molecule has 3 aromatic rings. The molecule has 0 bridgehead atoms. The molecule has 0 unspecified atom stereocenters. The van der Waals surface area contributed by atoms with Crippen LogP contribution in [0.25, 0.3) is 11.3 Å². The minimum Gasteiger partial charge on any atom is -0.445 e. The van der Waals surface area contributed by atoms with Crippen molar-refractivity contribution in [1.82, 2.24) is 25.6 Å². The monoisotopic (exact) mass is 649 g/mol. The van der Waals surface area contributed by atoms with E-state index in [2.05, 4.69) is 15.8 Å². The SMILES string of the molecule is CCCN1C(=O)[C@H](CCCCNC(=O)OCc2ccccc2)NC(=O)C12CCN(C(=O)c1c(-c3ccccc3Cl)noc1C)CC2. The Labute approximate surface area is 273 Å². The second kappa shape index (κ2) is 14.8. The average Bonchev–Trinajstić information content (AvgIpc) is 3.45. The first-order valence-corrected chi connectivity index (χ1v) is 16.2. The molecule has 1 spiro atoms. The number of piperidine rings is 1. The zero-order valence-corrected chi connectivity index (χ0v) is 27.0. The fraction of sp³-hybridized carbons (Fsp3) is 0.441. The predicted molar refractivity (Wildman–Crippen MR) is 172 cm³/mol. The van der Waals surface area contributed by atoms with Gasteiger partial charge in [-0.2, -0.15) is 0 Å². The zero-order valence-electron chi connectivity index (χ0n) is 26.2. The summed E-state index contributed by atoms with van der Waals surface area (Å²) in [5.74, 6) is -0.144. The highest BCUT2D eigenvalue weighted by molar-refractivity contribution is 6.33. The van der Waals surface area contributed by atoms with Gasteiger partial charge in [0, 0.05) is 31.7 Å². The Morgan fingerprint density at radius 3 is 2.52 bits per heavy atom. The summed E-state index contributed by atoms with van der Waals surface area (Å²) < 4.78 is 10.6. The summed E-state index contributed by atoms with van der Waals surface area (Å²) in [6.45, 7) is 5.31. The zero-order chi connectivity index (χ0) is 32.7. The Hall–Kier alpha value is -4.38. The number of nitrogens with zero attached hydrogens (tertiary/aromatic N) is 3. The van der Waals surface area contributed by atoms with E-state index in [1.807, 2.05) is 43.3 Å². The maximum absolute atomic E-state index is 13.7. The van der Waals surface area contributed by atoms with E-state index in [4.69, 9.17) is 20.9 Å². The van der Waals surface area contributed by atoms with E-state index >= 15 is 0 Å². The highest BCUT2D eigenvalue weighted by atomic mass is 35.5. The van der Waals surface area contributed by atoms with Crippen LogP contribution in [0, 0.1) is 6.92 Å². The number of piperazine rings is 1. The van der Waals surface area contributed by atoms with Gasteiger partial charge in [0.1, 0.15) is 35.2 Å². The van der Waals surface area contributed by atoms with E-state index < -0.39 is 17.7 Å². The smallest absolute Gasteiger partial charge is 0.407 e. The summed E-state index contributed by atoms with van der Waals surface area (Å²) in [6, 6.07) is 15.9. The van der Waals surface area contributed by atoms with Gasteiger partial charge in [-0.1, -0.05) is 72.2 Å². The van der Waals surface area contributed by atoms with Crippen molar-refractivity contribution in [2.45, 2.75) is 70.6 Å². The van der Waals surface area contributed by atoms with Crippen molar-refractivity contribution in [2.24, 2.45) is 0 Å². The van der Waals surface area contributed by atoms with Gasteiger partial charge in [-0.15, -0.1) is 0 Å². The van der Waals surface area contributed by atoms with Gasteiger partial charge in [-0.05, 0) is 57.1 Å². The third-order valence-corrected chi connectivity index (χ3v) is 9.07. The Kier molecular flexibility index (Phi) is 10.6. The number of hydrogen-bond donors (Lipinski definition) is 2. The molecule has 5 rings (SSSR count). The summed E-state index contributed by atoms with van der Waals surface area (Å²) in [5, 5.41) is 10.3. The van der Waals surface area contributed by atoms with E-state index in [-0.39, 0.29) is 24.3 Å². The van der Waals surface area contributed by atoms with E-state index in [9.17, 15) is 19.2 Å². The van der Waals surface area contributed by atoms with Crippen LogP contribution in [0.3, 0.4) is 0 Å². The summed E-state index contributed by atoms with van der Waals surface area (Å²) in [7, 11) is 0. The molecule has 2 N–H and O–H groups in total. The molecule has 2 aromatic carbocycles. The summed E-state index contributed by atoms with van der Waals surface area (Å²) >= 11 is 6.40. The number of ether oxygens (including phenoxy) is 1. The third-order valence-electron chi connectivity index (χ3n) is 8.74. The van der Waals surface area contributed by atoms with Gasteiger partial charge >= 0.3 is 6.09 Å². The molecule has 2 aliphatic rings. The van der Waals surface area contributed by atoms with Crippen molar-refractivity contribution < 1.29 is 28.4 Å². The number of unbranched alkanes of at least 4 members (excludes halogenated alkanes) is 1. The highest BCUT2D eigenvalue weighted by Gasteiger charge is 2.53. The molecule has 2 fully saturated rings. The van der Waals surface area contributed by atoms with Crippen molar-refractivity contribution in [3.8, 4) is 11.3 Å². The minimum atomic E-state index is -1.01. The molecular weight excluding hydrogens is 610 g/mol. The van der Waals surface area contributed by atoms with Crippen molar-refractivity contribution in [3.63, 3.8) is 0 Å². The van der Waals surface area contributed by atoms with E-state index in [0.717, 1.165) is 5.56 Å². The molecule has 0 saturated carbocycles. The van der Waals surface area contributed by atoms with Gasteiger partial charge in [0.25, 0.3) is 5.91 Å². The summed E-state index contributed by atoms with van der Waals surface area (Å²) in [5.41, 5.74) is 1.23. The van der Waals surface area contributed by atoms with Crippen LogP contribution >= 0.6 is 11.6 Å². The number of carbonyl (C=O) groups excluding carboxylic acids is 4. The number of aromatic nitrogens is 1. The van der Waals surface area contributed by atoms with Crippen LogP contribution in [0.15, 0.2) is 59.1 Å². The quantitative estimate of drug-likeness (QED) is 0.276. The van der Waals surface area contributed by atoms with Crippen LogP contribution < -0.4 is 10.6 Å². The number of hydrogen-bond acceptors (Lipinski definition) is 7. The first kappa shape index (κ1) is 33.0. The molecule has 3 heterocycles. The van der Waals surface area contributed by atoms with Crippen LogP contribution in [0.4, 0.5) is 4.79 Å². The normalized spacial score (nSPS) is 17.6. The number of amides is 4. The van der Waals surface area contributed by atoms with Crippen LogP contribution in [0.5, 0.6) is 0 Å². The molecule has 1 aromatic heterocycles. The van der Waals surface area contributed by atoms with Crippen LogP contribution in [0.1, 0.15) is 67.1 Å². The van der Waals surface area contributed by atoms with Gasteiger partial charge in [0.05, 0.1) is 5.02 Å². The summed E-state index contributed by atoms with van der Waals surface area (Å²) in [4.78, 5) is 56.6. The largest absolute Gasteiger partial charge is 0.445 e. The maximum atomic E-state index is 13.7. The van der Waals surface area contributed by atoms with Crippen molar-refractivity contribution in [2.75, 3.05) is 26.2 Å². The van der Waals surface area contributed by atoms with Crippen molar-refractivity contribution in [3.05, 3.63) is 76.5 Å². The van der Waals surface area contributed by atoms with Gasteiger partial charge < -0.3 is 29.7 Å². The lowest BCUT2D eigenvalue weighted by Crippen LogP contribution is -2.73. The molecular formula is C34H40ClN5O6. The molecule has 4 amide bonds. The van der Waals surface area contributed by atoms with Gasteiger partial charge in [0.15, 0.2) is 0 Å². The number of benzene rings is 2. The number of aryl methyl sites for hydroxylation is 1. The molecule has 11 nitrogen and oxygen atoms in total. The second-order valence-corrected chi connectivity index (χ2v) is 12.2. The molecule has 1 atom stereocenters. The van der Waals surface area contributed by atoms with Crippen molar-refractivity contribution in [1.29, 1.82) is 0 Å². The standard InChI is InChI=1S/C34H40ClN5O6/c1-3-19-40-30(41)27(15-9-10-18-36-33(44)45-22-24-11-5-4-6-12-24)37-32(43)34(40)16-20-39(21-17-34)31(42)28-23(2)46-38-29(28)25-13-7-8-14-26(25)35/h4-8,11-14,27H,3,9-10,15-22H2,1-2H3,(H,36,44)(H,37,43)/t27-/m0/s1. The topological polar surface area (TPSA) is 134 Å². The summed E-state index contributed by atoms with van der Waals surface area (Å²) in [6.07, 6.45) is 2.58. The predicted octanol–water partition coefficient (Wildman–Crippen LogP) is 5.11. The van der Waals surface area contributed by atoms with Gasteiger partial charge in [-0.3, -0.25) is 14.4 Å². The van der Waals surface area contributed by atoms with Gasteiger partial charge in [-0.25, -0.2) is 4.79 Å². The molecule has 2 saturated heterocycles. The molecule has 0 radical (unpaired) electrons. The van der Waals surface area contributed by atoms with Gasteiger partial charge in [0.2, 0.25) is 11.8 Å². The fourth-order valence-corrected chi connectivity index (χ4v) is 6.48. The first-order chi connectivity index (χ1) is 22.2. The third kappa shape index (κ3) is 7.04. The van der Waals surface area contributed by atoms with E-state index in [1.54, 1.807) is 34.9 Å². The molecule has 12 heteroatoms. The van der Waals surface area contributed by atoms with Crippen LogP contribution in [-0.4, -0.2) is 76.5 Å². The second-order valence-electron chi connectivity index (χ2n) is 11.8. The highest BCUT2D eigenvalue weighted by Crippen LogP contribution is 2.36. The number of carbonyl (C=O) groups is 4. The van der Waals surface area contributed by atoms with Crippen LogP contribution in [-0.2, 0) is 20.9 Å².